The van der Waals surface area contributed by atoms with E-state index in [4.69, 9.17) is 0 Å². The Hall–Kier alpha value is -2.51. The summed E-state index contributed by atoms with van der Waals surface area (Å²) >= 11 is 1.43. The molecule has 28 heavy (non-hydrogen) atoms. The molecule has 0 saturated carbocycles. The Bertz CT molecular complexity index is 1230. The summed E-state index contributed by atoms with van der Waals surface area (Å²) in [6, 6.07) is 12.1. The van der Waals surface area contributed by atoms with E-state index in [1.54, 1.807) is 32.1 Å². The predicted molar refractivity (Wildman–Crippen MR) is 113 cm³/mol. The molecule has 0 aliphatic heterocycles. The monoisotopic (exact) mass is 414 g/mol. The van der Waals surface area contributed by atoms with Gasteiger partial charge < -0.3 is 4.57 Å². The lowest BCUT2D eigenvalue weighted by Crippen LogP contribution is -2.17. The molecule has 1 amide bonds. The highest BCUT2D eigenvalue weighted by Crippen LogP contribution is 2.20. The van der Waals surface area contributed by atoms with Crippen LogP contribution in [-0.4, -0.2) is 24.1 Å². The van der Waals surface area contributed by atoms with Crippen LogP contribution in [-0.2, 0) is 16.4 Å². The van der Waals surface area contributed by atoms with Gasteiger partial charge in [-0.25, -0.2) is 8.42 Å². The molecule has 0 N–H and O–H groups in total. The third kappa shape index (κ3) is 3.86. The van der Waals surface area contributed by atoms with Crippen molar-refractivity contribution in [2.75, 3.05) is 0 Å². The molecular weight excluding hydrogens is 392 g/mol. The van der Waals surface area contributed by atoms with Crippen molar-refractivity contribution in [3.8, 4) is 0 Å². The van der Waals surface area contributed by atoms with Crippen molar-refractivity contribution in [2.24, 2.45) is 4.99 Å². The molecule has 0 fully saturated rings. The van der Waals surface area contributed by atoms with E-state index in [9.17, 15) is 13.2 Å². The number of benzene rings is 2. The Morgan fingerprint density at radius 3 is 2.68 bits per heavy atom. The highest BCUT2D eigenvalue weighted by Gasteiger charge is 2.20. The van der Waals surface area contributed by atoms with Crippen molar-refractivity contribution in [2.45, 2.75) is 37.5 Å². The zero-order chi connectivity index (χ0) is 20.5. The van der Waals surface area contributed by atoms with Gasteiger partial charge >= 0.3 is 0 Å². The quantitative estimate of drug-likeness (QED) is 0.590. The van der Waals surface area contributed by atoms with Crippen molar-refractivity contribution >= 4 is 37.3 Å². The summed E-state index contributed by atoms with van der Waals surface area (Å²) in [5.74, 6) is -0.470. The van der Waals surface area contributed by atoms with Crippen molar-refractivity contribution in [3.63, 3.8) is 0 Å². The van der Waals surface area contributed by atoms with Gasteiger partial charge in [0.25, 0.3) is 5.91 Å². The number of carbonyl (C=O) groups is 1. The van der Waals surface area contributed by atoms with E-state index < -0.39 is 21.0 Å². The second-order valence-corrected chi connectivity index (χ2v) is 10.3. The van der Waals surface area contributed by atoms with E-state index in [1.807, 2.05) is 23.6 Å². The predicted octanol–water partition coefficient (Wildman–Crippen LogP) is 4.12. The topological polar surface area (TPSA) is 68.5 Å². The molecule has 0 saturated heterocycles. The van der Waals surface area contributed by atoms with Crippen LogP contribution in [0.3, 0.4) is 0 Å². The minimum atomic E-state index is -3.46. The number of thiazole rings is 1. The minimum absolute atomic E-state index is 0.134. The summed E-state index contributed by atoms with van der Waals surface area (Å²) in [6.45, 7) is 9.56. The van der Waals surface area contributed by atoms with Gasteiger partial charge in [0.1, 0.15) is 0 Å². The van der Waals surface area contributed by atoms with Gasteiger partial charge in [-0.2, -0.15) is 4.99 Å². The lowest BCUT2D eigenvalue weighted by atomic mass is 10.2. The number of fused-ring (bicyclic) bond motifs is 1. The summed E-state index contributed by atoms with van der Waals surface area (Å²) in [5.41, 5.74) is 2.36. The Kier molecular flexibility index (Phi) is 5.67. The third-order valence-corrected chi connectivity index (χ3v) is 7.57. The summed E-state index contributed by atoms with van der Waals surface area (Å²) in [7, 11) is -3.46. The summed E-state index contributed by atoms with van der Waals surface area (Å²) in [6.07, 6.45) is 1.76. The maximum Gasteiger partial charge on any atom is 0.279 e. The van der Waals surface area contributed by atoms with Crippen LogP contribution in [0.5, 0.6) is 0 Å². The zero-order valence-corrected chi connectivity index (χ0v) is 17.7. The molecule has 1 aromatic heterocycles. The lowest BCUT2D eigenvalue weighted by Gasteiger charge is -2.08. The first-order valence-electron chi connectivity index (χ1n) is 8.88. The Morgan fingerprint density at radius 2 is 2.00 bits per heavy atom. The number of sulfone groups is 1. The van der Waals surface area contributed by atoms with Gasteiger partial charge in [0.05, 0.1) is 20.4 Å². The van der Waals surface area contributed by atoms with Crippen LogP contribution in [0.2, 0.25) is 0 Å². The van der Waals surface area contributed by atoms with Crippen LogP contribution >= 0.6 is 11.3 Å². The number of nitrogens with zero attached hydrogens (tertiary/aromatic N) is 2. The largest absolute Gasteiger partial charge is 0.312 e. The molecule has 1 heterocycles. The number of aryl methyl sites for hydroxylation is 1. The Labute approximate surface area is 168 Å². The molecule has 3 rings (SSSR count). The van der Waals surface area contributed by atoms with Crippen LogP contribution in [0, 0.1) is 6.92 Å². The SMILES string of the molecule is C=CCn1c(=NC(=O)c2cccc(S(=O)(=O)C(C)C)c2)sc2cc(C)ccc21. The fourth-order valence-electron chi connectivity index (χ4n) is 2.80. The number of carbonyl (C=O) groups excluding carboxylic acids is 1. The number of amides is 1. The van der Waals surface area contributed by atoms with Crippen molar-refractivity contribution in [3.05, 3.63) is 71.0 Å². The maximum absolute atomic E-state index is 12.8. The van der Waals surface area contributed by atoms with Crippen LogP contribution in [0.25, 0.3) is 10.2 Å². The first-order valence-corrected chi connectivity index (χ1v) is 11.2. The average molecular weight is 415 g/mol. The van der Waals surface area contributed by atoms with Gasteiger partial charge in [0.15, 0.2) is 14.6 Å². The number of hydrogen-bond acceptors (Lipinski definition) is 4. The Balaban J connectivity index is 2.11. The van der Waals surface area contributed by atoms with Gasteiger partial charge in [0, 0.05) is 12.1 Å². The molecule has 7 heteroatoms. The van der Waals surface area contributed by atoms with E-state index >= 15 is 0 Å². The van der Waals surface area contributed by atoms with E-state index in [-0.39, 0.29) is 10.5 Å². The third-order valence-electron chi connectivity index (χ3n) is 4.38. The van der Waals surface area contributed by atoms with Crippen LogP contribution in [0.4, 0.5) is 0 Å². The number of aromatic nitrogens is 1. The summed E-state index contributed by atoms with van der Waals surface area (Å²) in [4.78, 5) is 17.7. The van der Waals surface area contributed by atoms with Gasteiger partial charge in [-0.05, 0) is 56.7 Å². The fourth-order valence-corrected chi connectivity index (χ4v) is 5.04. The number of rotatable bonds is 5. The van der Waals surface area contributed by atoms with Crippen molar-refractivity contribution < 1.29 is 13.2 Å². The van der Waals surface area contributed by atoms with Crippen molar-refractivity contribution in [1.29, 1.82) is 0 Å². The van der Waals surface area contributed by atoms with E-state index in [1.165, 1.54) is 23.5 Å². The number of allylic oxidation sites excluding steroid dienone is 1. The molecule has 5 nitrogen and oxygen atoms in total. The molecule has 0 spiro atoms. The van der Waals surface area contributed by atoms with Crippen LogP contribution in [0.1, 0.15) is 29.8 Å². The van der Waals surface area contributed by atoms with Gasteiger partial charge in [0.2, 0.25) is 0 Å². The highest BCUT2D eigenvalue weighted by molar-refractivity contribution is 7.92. The molecule has 2 aromatic carbocycles. The average Bonchev–Trinajstić information content (AvgIpc) is 2.98. The minimum Gasteiger partial charge on any atom is -0.312 e. The van der Waals surface area contributed by atoms with E-state index in [0.29, 0.717) is 11.3 Å². The molecule has 146 valence electrons. The molecule has 0 bridgehead atoms. The molecule has 0 unspecified atom stereocenters. The smallest absolute Gasteiger partial charge is 0.279 e. The molecule has 0 radical (unpaired) electrons. The normalized spacial score (nSPS) is 12.6. The molecule has 0 atom stereocenters. The summed E-state index contributed by atoms with van der Waals surface area (Å²) < 4.78 is 27.8. The second-order valence-electron chi connectivity index (χ2n) is 6.79. The Morgan fingerprint density at radius 1 is 1.25 bits per heavy atom. The maximum atomic E-state index is 12.8. The summed E-state index contributed by atoms with van der Waals surface area (Å²) in [5, 5.41) is -0.560. The first-order chi connectivity index (χ1) is 13.2. The molecule has 3 aromatic rings. The zero-order valence-electron chi connectivity index (χ0n) is 16.0. The fraction of sp³-hybridized carbons (Fsp3) is 0.238. The molecule has 0 aliphatic carbocycles. The first kappa shape index (κ1) is 20.2. The van der Waals surface area contributed by atoms with Gasteiger partial charge in [-0.15, -0.1) is 6.58 Å². The van der Waals surface area contributed by atoms with Crippen molar-refractivity contribution in [1.82, 2.24) is 4.57 Å². The lowest BCUT2D eigenvalue weighted by molar-refractivity contribution is 0.0997. The number of hydrogen-bond donors (Lipinski definition) is 0. The van der Waals surface area contributed by atoms with E-state index in [2.05, 4.69) is 17.6 Å². The van der Waals surface area contributed by atoms with Gasteiger partial charge in [-0.3, -0.25) is 4.79 Å². The van der Waals surface area contributed by atoms with E-state index in [0.717, 1.165) is 15.8 Å². The molecular formula is C21H22N2O3S2. The van der Waals surface area contributed by atoms with Crippen LogP contribution < -0.4 is 4.80 Å². The molecule has 0 aliphatic rings. The second kappa shape index (κ2) is 7.85. The van der Waals surface area contributed by atoms with Crippen LogP contribution in [0.15, 0.2) is 65.0 Å². The standard InChI is InChI=1S/C21H22N2O3S2/c1-5-11-23-18-10-9-15(4)12-19(18)27-21(23)22-20(24)16-7-6-8-17(13-16)28(25,26)14(2)3/h5-10,12-14H,1,11H2,2-4H3. The van der Waals surface area contributed by atoms with Gasteiger partial charge in [-0.1, -0.05) is 29.5 Å². The highest BCUT2D eigenvalue weighted by atomic mass is 32.2.